The van der Waals surface area contributed by atoms with E-state index in [0.717, 1.165) is 27.6 Å². The fourth-order valence-electron chi connectivity index (χ4n) is 5.43. The van der Waals surface area contributed by atoms with Crippen molar-refractivity contribution in [2.75, 3.05) is 17.3 Å². The third kappa shape index (κ3) is 5.38. The van der Waals surface area contributed by atoms with E-state index in [4.69, 9.17) is 9.88 Å². The molecule has 6 rings (SSSR count). The number of sulfonamides is 1. The molecule has 3 amide bonds. The van der Waals surface area contributed by atoms with E-state index >= 15 is 0 Å². The number of nitrogens with zero attached hydrogens (tertiary/aromatic N) is 2. The number of fused-ring (bicyclic) bond motifs is 2. The first kappa shape index (κ1) is 30.3. The number of benzene rings is 3. The second-order valence-corrected chi connectivity index (χ2v) is 14.6. The Morgan fingerprint density at radius 1 is 1.00 bits per heavy atom. The molecule has 3 atom stereocenters. The summed E-state index contributed by atoms with van der Waals surface area (Å²) in [5, 5.41) is 7.37. The summed E-state index contributed by atoms with van der Waals surface area (Å²) in [7, 11) is -2.39. The summed E-state index contributed by atoms with van der Waals surface area (Å²) < 4.78 is 30.8. The molecule has 226 valence electrons. The van der Waals surface area contributed by atoms with Crippen LogP contribution in [0.4, 0.5) is 11.4 Å². The lowest BCUT2D eigenvalue weighted by Gasteiger charge is -2.31. The summed E-state index contributed by atoms with van der Waals surface area (Å²) >= 11 is 5.41. The maximum absolute atomic E-state index is 14.0. The van der Waals surface area contributed by atoms with Gasteiger partial charge < -0.3 is 10.1 Å². The van der Waals surface area contributed by atoms with E-state index in [0.29, 0.717) is 32.6 Å². The van der Waals surface area contributed by atoms with Gasteiger partial charge in [-0.15, -0.1) is 0 Å². The Balaban J connectivity index is 1.39. The van der Waals surface area contributed by atoms with Crippen molar-refractivity contribution in [2.24, 2.45) is 11.1 Å². The average molecular weight is 716 g/mol. The highest BCUT2D eigenvalue weighted by Crippen LogP contribution is 2.55. The summed E-state index contributed by atoms with van der Waals surface area (Å²) in [4.78, 5) is 55.6. The van der Waals surface area contributed by atoms with Crippen LogP contribution in [0.1, 0.15) is 16.4 Å². The van der Waals surface area contributed by atoms with Crippen LogP contribution in [0.15, 0.2) is 92.0 Å². The van der Waals surface area contributed by atoms with Crippen LogP contribution in [0, 0.1) is 5.92 Å². The number of nitrogens with two attached hydrogens (primary N) is 1. The first-order valence-corrected chi connectivity index (χ1v) is 17.1. The Morgan fingerprint density at radius 3 is 2.34 bits per heavy atom. The molecule has 3 unspecified atom stereocenters. The number of imide groups is 1. The smallest absolute Gasteiger partial charge is 0.308 e. The number of para-hydroxylation sites is 1. The highest BCUT2D eigenvalue weighted by molar-refractivity contribution is 9.10. The van der Waals surface area contributed by atoms with E-state index in [2.05, 4.69) is 21.2 Å². The zero-order valence-electron chi connectivity index (χ0n) is 22.8. The molecule has 2 aliphatic rings. The third-order valence-corrected chi connectivity index (χ3v) is 11.4. The SMILES string of the molecule is COc1ccccc1C1c2sc(=O)n(CC(=O)Nc3ccc(S(N)(=O)=O)cc3)c2SC2C(=O)N(c3ccc(Br)cc3)C(=O)C21. The van der Waals surface area contributed by atoms with Gasteiger partial charge in [-0.25, -0.2) is 18.5 Å². The molecular weight excluding hydrogens is 692 g/mol. The average Bonchev–Trinajstić information content (AvgIpc) is 3.43. The van der Waals surface area contributed by atoms with Crippen molar-refractivity contribution in [1.29, 1.82) is 0 Å². The molecule has 0 aliphatic carbocycles. The van der Waals surface area contributed by atoms with Crippen molar-refractivity contribution in [3.05, 3.63) is 97.4 Å². The molecule has 15 heteroatoms. The third-order valence-electron chi connectivity index (χ3n) is 7.38. The molecular formula is C29H23BrN4O7S3. The molecule has 4 aromatic rings. The van der Waals surface area contributed by atoms with E-state index in [1.807, 2.05) is 6.07 Å². The molecule has 1 fully saturated rings. The number of carbonyl (C=O) groups excluding carboxylic acids is 3. The first-order chi connectivity index (χ1) is 21.0. The maximum atomic E-state index is 14.0. The van der Waals surface area contributed by atoms with Crippen LogP contribution < -0.4 is 25.0 Å². The zero-order chi connectivity index (χ0) is 31.3. The normalized spacial score (nSPS) is 19.4. The van der Waals surface area contributed by atoms with Crippen molar-refractivity contribution < 1.29 is 27.5 Å². The summed E-state index contributed by atoms with van der Waals surface area (Å²) in [6.45, 7) is -0.372. The first-order valence-electron chi connectivity index (χ1n) is 13.1. The number of halogens is 1. The molecule has 0 radical (unpaired) electrons. The van der Waals surface area contributed by atoms with Gasteiger partial charge >= 0.3 is 4.87 Å². The molecule has 1 saturated heterocycles. The van der Waals surface area contributed by atoms with Gasteiger partial charge in [0.2, 0.25) is 27.7 Å². The number of aromatic nitrogens is 1. The van der Waals surface area contributed by atoms with Gasteiger partial charge in [-0.3, -0.25) is 23.7 Å². The highest BCUT2D eigenvalue weighted by Gasteiger charge is 2.57. The van der Waals surface area contributed by atoms with Crippen molar-refractivity contribution in [1.82, 2.24) is 4.57 Å². The van der Waals surface area contributed by atoms with E-state index in [9.17, 15) is 27.6 Å². The predicted molar refractivity (Wildman–Crippen MR) is 170 cm³/mol. The molecule has 3 heterocycles. The number of primary sulfonamides is 1. The minimum absolute atomic E-state index is 0.111. The molecule has 44 heavy (non-hydrogen) atoms. The number of methoxy groups -OCH3 is 1. The van der Waals surface area contributed by atoms with Crippen LogP contribution in [0.25, 0.3) is 0 Å². The number of hydrogen-bond donors (Lipinski definition) is 2. The van der Waals surface area contributed by atoms with Crippen LogP contribution >= 0.6 is 39.0 Å². The van der Waals surface area contributed by atoms with Gasteiger partial charge in [0.1, 0.15) is 17.5 Å². The lowest BCUT2D eigenvalue weighted by Crippen LogP contribution is -2.33. The number of amides is 3. The van der Waals surface area contributed by atoms with Gasteiger partial charge in [-0.05, 0) is 54.6 Å². The lowest BCUT2D eigenvalue weighted by atomic mass is 9.82. The summed E-state index contributed by atoms with van der Waals surface area (Å²) in [6, 6.07) is 19.3. The number of ether oxygens (including phenoxy) is 1. The topological polar surface area (TPSA) is 158 Å². The molecule has 1 aromatic heterocycles. The van der Waals surface area contributed by atoms with Gasteiger partial charge in [0.25, 0.3) is 0 Å². The van der Waals surface area contributed by atoms with E-state index in [-0.39, 0.29) is 17.3 Å². The Labute approximate surface area is 268 Å². The fourth-order valence-corrected chi connectivity index (χ4v) is 8.97. The molecule has 3 aromatic carbocycles. The van der Waals surface area contributed by atoms with E-state index in [1.165, 1.54) is 40.8 Å². The zero-order valence-corrected chi connectivity index (χ0v) is 26.8. The standard InChI is InChI=1S/C29H23BrN4O7S3/c1-41-20-5-3-2-4-19(20)22-23-24(27(37)34(26(23)36)17-10-6-15(30)7-11-17)42-28-25(22)43-29(38)33(28)14-21(35)32-16-8-12-18(13-9-16)44(31,39)40/h2-13,22-24H,14H2,1H3,(H,32,35)(H2,31,39,40). The molecule has 0 bridgehead atoms. The van der Waals surface area contributed by atoms with E-state index < -0.39 is 43.8 Å². The highest BCUT2D eigenvalue weighted by atomic mass is 79.9. The minimum atomic E-state index is -3.90. The Kier molecular flexibility index (Phi) is 8.00. The van der Waals surface area contributed by atoms with Crippen LogP contribution in [0.5, 0.6) is 5.75 Å². The largest absolute Gasteiger partial charge is 0.496 e. The van der Waals surface area contributed by atoms with Gasteiger partial charge in [0.05, 0.1) is 28.6 Å². The van der Waals surface area contributed by atoms with Crippen molar-refractivity contribution >= 4 is 78.1 Å². The van der Waals surface area contributed by atoms with Crippen molar-refractivity contribution in [3.63, 3.8) is 0 Å². The monoisotopic (exact) mass is 714 g/mol. The maximum Gasteiger partial charge on any atom is 0.308 e. The van der Waals surface area contributed by atoms with Crippen LogP contribution in [0.2, 0.25) is 0 Å². The minimum Gasteiger partial charge on any atom is -0.496 e. The van der Waals surface area contributed by atoms with E-state index in [1.54, 1.807) is 42.5 Å². The van der Waals surface area contributed by atoms with Gasteiger partial charge in [-0.2, -0.15) is 0 Å². The number of rotatable bonds is 7. The molecule has 0 saturated carbocycles. The number of thioether (sulfide) groups is 1. The number of nitrogens with one attached hydrogen (secondary N) is 1. The van der Waals surface area contributed by atoms with Crippen LogP contribution in [-0.4, -0.2) is 43.1 Å². The Bertz CT molecular complexity index is 1970. The molecule has 2 aliphatic heterocycles. The molecule has 11 nitrogen and oxygen atoms in total. The second kappa shape index (κ2) is 11.6. The summed E-state index contributed by atoms with van der Waals surface area (Å²) in [6.07, 6.45) is 0. The van der Waals surface area contributed by atoms with Gasteiger partial charge in [-0.1, -0.05) is 57.2 Å². The summed E-state index contributed by atoms with van der Waals surface area (Å²) in [5.74, 6) is -2.34. The number of carbonyl (C=O) groups is 3. The number of hydrogen-bond acceptors (Lipinski definition) is 9. The molecule has 3 N–H and O–H groups in total. The Morgan fingerprint density at radius 2 is 1.68 bits per heavy atom. The summed E-state index contributed by atoms with van der Waals surface area (Å²) in [5.41, 5.74) is 1.39. The van der Waals surface area contributed by atoms with Crippen LogP contribution in [0.3, 0.4) is 0 Å². The molecule has 0 spiro atoms. The van der Waals surface area contributed by atoms with Crippen molar-refractivity contribution in [2.45, 2.75) is 27.6 Å². The fraction of sp³-hybridized carbons (Fsp3) is 0.172. The lowest BCUT2D eigenvalue weighted by molar-refractivity contribution is -0.122. The number of thiazole rings is 1. The van der Waals surface area contributed by atoms with Crippen LogP contribution in [-0.2, 0) is 31.0 Å². The quantitative estimate of drug-likeness (QED) is 0.274. The second-order valence-electron chi connectivity index (χ2n) is 10.0. The van der Waals surface area contributed by atoms with Gasteiger partial charge in [0.15, 0.2) is 0 Å². The Hall–Kier alpha value is -3.76. The van der Waals surface area contributed by atoms with Gasteiger partial charge in [0, 0.05) is 26.5 Å². The van der Waals surface area contributed by atoms with Crippen molar-refractivity contribution in [3.8, 4) is 5.75 Å². The predicted octanol–water partition coefficient (Wildman–Crippen LogP) is 3.76. The number of anilines is 2.